The van der Waals surface area contributed by atoms with Gasteiger partial charge in [-0.15, -0.1) is 0 Å². The monoisotopic (exact) mass is 304 g/mol. The number of hydrogen-bond donors (Lipinski definition) is 1. The third-order valence-corrected chi connectivity index (χ3v) is 3.84. The smallest absolute Gasteiger partial charge is 0.127 e. The number of ether oxygens (including phenoxy) is 2. The predicted octanol–water partition coefficient (Wildman–Crippen LogP) is 4.30. The molecule has 4 heteroatoms. The Morgan fingerprint density at radius 1 is 1.24 bits per heavy atom. The molecule has 1 aliphatic heterocycles. The van der Waals surface area contributed by atoms with Gasteiger partial charge in [0.05, 0.1) is 12.7 Å². The van der Waals surface area contributed by atoms with Crippen LogP contribution in [0.2, 0.25) is 5.02 Å². The summed E-state index contributed by atoms with van der Waals surface area (Å²) in [6.45, 7) is 2.60. The molecule has 0 aromatic heterocycles. The number of rotatable bonds is 3. The summed E-state index contributed by atoms with van der Waals surface area (Å²) in [4.78, 5) is 0. The first-order valence-electron chi connectivity index (χ1n) is 7.04. The van der Waals surface area contributed by atoms with Gasteiger partial charge in [-0.2, -0.15) is 0 Å². The van der Waals surface area contributed by atoms with Gasteiger partial charge in [0.15, 0.2) is 0 Å². The van der Waals surface area contributed by atoms with Crippen LogP contribution >= 0.6 is 11.6 Å². The predicted molar refractivity (Wildman–Crippen MR) is 82.0 cm³/mol. The van der Waals surface area contributed by atoms with Crippen LogP contribution in [0.1, 0.15) is 36.7 Å². The molecule has 2 atom stereocenters. The second kappa shape index (κ2) is 5.96. The summed E-state index contributed by atoms with van der Waals surface area (Å²) in [7, 11) is 0. The van der Waals surface area contributed by atoms with Crippen molar-refractivity contribution in [2.24, 2.45) is 0 Å². The number of aliphatic hydroxyl groups excluding tert-OH is 1. The Labute approximate surface area is 129 Å². The van der Waals surface area contributed by atoms with E-state index in [1.165, 1.54) is 0 Å². The van der Waals surface area contributed by atoms with E-state index in [0.29, 0.717) is 23.8 Å². The topological polar surface area (TPSA) is 38.7 Å². The number of fused-ring (bicyclic) bond motifs is 1. The lowest BCUT2D eigenvalue weighted by molar-refractivity contribution is 0.0657. The van der Waals surface area contributed by atoms with Crippen LogP contribution in [-0.2, 0) is 0 Å². The highest BCUT2D eigenvalue weighted by Crippen LogP contribution is 2.41. The molecule has 0 radical (unpaired) electrons. The Morgan fingerprint density at radius 2 is 2.00 bits per heavy atom. The maximum absolute atomic E-state index is 10.3. The van der Waals surface area contributed by atoms with Gasteiger partial charge in [0.1, 0.15) is 17.6 Å². The molecule has 0 fully saturated rings. The van der Waals surface area contributed by atoms with Gasteiger partial charge in [0, 0.05) is 17.0 Å². The molecular formula is C17H17ClO3. The quantitative estimate of drug-likeness (QED) is 0.919. The van der Waals surface area contributed by atoms with Gasteiger partial charge < -0.3 is 14.6 Å². The molecule has 0 aliphatic carbocycles. The van der Waals surface area contributed by atoms with Crippen molar-refractivity contribution < 1.29 is 14.6 Å². The standard InChI is InChI=1S/C17H17ClO3/c1-2-20-13-6-3-11(4-7-13)17-10-15(19)14-9-12(18)5-8-16(14)21-17/h3-9,15,17,19H,2,10H2,1H3/t15-,17?/m0/s1. The van der Waals surface area contributed by atoms with Crippen molar-refractivity contribution in [1.29, 1.82) is 0 Å². The summed E-state index contributed by atoms with van der Waals surface area (Å²) in [6.07, 6.45) is -0.213. The minimum Gasteiger partial charge on any atom is -0.494 e. The van der Waals surface area contributed by atoms with Crippen LogP contribution in [0, 0.1) is 0 Å². The van der Waals surface area contributed by atoms with Gasteiger partial charge in [0.2, 0.25) is 0 Å². The van der Waals surface area contributed by atoms with Crippen LogP contribution in [-0.4, -0.2) is 11.7 Å². The fraction of sp³-hybridized carbons (Fsp3) is 0.294. The van der Waals surface area contributed by atoms with E-state index >= 15 is 0 Å². The van der Waals surface area contributed by atoms with Crippen LogP contribution in [0.25, 0.3) is 0 Å². The molecule has 1 heterocycles. The largest absolute Gasteiger partial charge is 0.494 e. The van der Waals surface area contributed by atoms with E-state index in [9.17, 15) is 5.11 Å². The first-order chi connectivity index (χ1) is 10.2. The molecule has 21 heavy (non-hydrogen) atoms. The number of benzene rings is 2. The molecular weight excluding hydrogens is 288 g/mol. The van der Waals surface area contributed by atoms with Crippen LogP contribution in [0.3, 0.4) is 0 Å². The van der Waals surface area contributed by atoms with E-state index in [2.05, 4.69) is 0 Å². The Hall–Kier alpha value is -1.71. The minimum absolute atomic E-state index is 0.163. The lowest BCUT2D eigenvalue weighted by Gasteiger charge is -2.30. The molecule has 0 amide bonds. The molecule has 2 aromatic rings. The third kappa shape index (κ3) is 2.99. The number of aliphatic hydroxyl groups is 1. The highest BCUT2D eigenvalue weighted by Gasteiger charge is 2.28. The highest BCUT2D eigenvalue weighted by molar-refractivity contribution is 6.30. The second-order valence-corrected chi connectivity index (χ2v) is 5.48. The first-order valence-corrected chi connectivity index (χ1v) is 7.42. The first kappa shape index (κ1) is 14.2. The Bertz CT molecular complexity index is 624. The minimum atomic E-state index is -0.566. The second-order valence-electron chi connectivity index (χ2n) is 5.04. The maximum atomic E-state index is 10.3. The van der Waals surface area contributed by atoms with Gasteiger partial charge in [-0.1, -0.05) is 23.7 Å². The molecule has 1 N–H and O–H groups in total. The summed E-state index contributed by atoms with van der Waals surface area (Å²) in [5.41, 5.74) is 1.78. The van der Waals surface area contributed by atoms with E-state index in [4.69, 9.17) is 21.1 Å². The summed E-state index contributed by atoms with van der Waals surface area (Å²) in [5.74, 6) is 1.53. The van der Waals surface area contributed by atoms with Crippen LogP contribution < -0.4 is 9.47 Å². The zero-order valence-corrected chi connectivity index (χ0v) is 12.5. The lowest BCUT2D eigenvalue weighted by atomic mass is 9.95. The zero-order valence-electron chi connectivity index (χ0n) is 11.8. The van der Waals surface area contributed by atoms with Crippen LogP contribution in [0.5, 0.6) is 11.5 Å². The fourth-order valence-corrected chi connectivity index (χ4v) is 2.75. The lowest BCUT2D eigenvalue weighted by Crippen LogP contribution is -2.19. The van der Waals surface area contributed by atoms with Crippen molar-refractivity contribution in [3.8, 4) is 11.5 Å². The third-order valence-electron chi connectivity index (χ3n) is 3.60. The van der Waals surface area contributed by atoms with E-state index in [0.717, 1.165) is 16.9 Å². The zero-order chi connectivity index (χ0) is 14.8. The maximum Gasteiger partial charge on any atom is 0.127 e. The Morgan fingerprint density at radius 3 is 2.71 bits per heavy atom. The molecule has 0 saturated heterocycles. The Balaban J connectivity index is 1.83. The van der Waals surface area contributed by atoms with Crippen molar-refractivity contribution in [2.75, 3.05) is 6.61 Å². The van der Waals surface area contributed by atoms with Crippen LogP contribution in [0.4, 0.5) is 0 Å². The molecule has 0 bridgehead atoms. The molecule has 3 rings (SSSR count). The van der Waals surface area contributed by atoms with Gasteiger partial charge in [0.25, 0.3) is 0 Å². The molecule has 110 valence electrons. The highest BCUT2D eigenvalue weighted by atomic mass is 35.5. The van der Waals surface area contributed by atoms with E-state index in [1.807, 2.05) is 37.3 Å². The van der Waals surface area contributed by atoms with Gasteiger partial charge in [-0.3, -0.25) is 0 Å². The molecule has 0 saturated carbocycles. The summed E-state index contributed by atoms with van der Waals surface area (Å²) in [5, 5.41) is 10.9. The molecule has 1 aliphatic rings. The van der Waals surface area contributed by atoms with Crippen molar-refractivity contribution >= 4 is 11.6 Å². The molecule has 2 aromatic carbocycles. The summed E-state index contributed by atoms with van der Waals surface area (Å²) >= 11 is 5.96. The van der Waals surface area contributed by atoms with Gasteiger partial charge >= 0.3 is 0 Å². The average Bonchev–Trinajstić information content (AvgIpc) is 2.49. The van der Waals surface area contributed by atoms with Gasteiger partial charge in [-0.05, 0) is 42.8 Å². The molecule has 3 nitrogen and oxygen atoms in total. The summed E-state index contributed by atoms with van der Waals surface area (Å²) < 4.78 is 11.4. The van der Waals surface area contributed by atoms with E-state index in [1.54, 1.807) is 12.1 Å². The normalized spacial score (nSPS) is 20.5. The Kier molecular flexibility index (Phi) is 4.04. The van der Waals surface area contributed by atoms with E-state index < -0.39 is 6.10 Å². The van der Waals surface area contributed by atoms with Crippen molar-refractivity contribution in [3.05, 3.63) is 58.6 Å². The van der Waals surface area contributed by atoms with Gasteiger partial charge in [-0.25, -0.2) is 0 Å². The SMILES string of the molecule is CCOc1ccc(C2C[C@H](O)c3cc(Cl)ccc3O2)cc1. The fourth-order valence-electron chi connectivity index (χ4n) is 2.57. The number of halogens is 1. The molecule has 1 unspecified atom stereocenters. The van der Waals surface area contributed by atoms with Crippen molar-refractivity contribution in [1.82, 2.24) is 0 Å². The van der Waals surface area contributed by atoms with Crippen molar-refractivity contribution in [3.63, 3.8) is 0 Å². The van der Waals surface area contributed by atoms with Crippen molar-refractivity contribution in [2.45, 2.75) is 25.6 Å². The average molecular weight is 305 g/mol. The molecule has 0 spiro atoms. The summed E-state index contributed by atoms with van der Waals surface area (Å²) in [6, 6.07) is 13.1. The number of hydrogen-bond acceptors (Lipinski definition) is 3. The van der Waals surface area contributed by atoms with E-state index in [-0.39, 0.29) is 6.10 Å². The van der Waals surface area contributed by atoms with Crippen LogP contribution in [0.15, 0.2) is 42.5 Å².